The van der Waals surface area contributed by atoms with Crippen molar-refractivity contribution >= 4 is 33.8 Å². The van der Waals surface area contributed by atoms with Crippen molar-refractivity contribution in [1.29, 1.82) is 0 Å². The van der Waals surface area contributed by atoms with E-state index in [1.165, 1.54) is 12.1 Å². The summed E-state index contributed by atoms with van der Waals surface area (Å²) in [6, 6.07) is 14.2. The average Bonchev–Trinajstić information content (AvgIpc) is 2.38. The third kappa shape index (κ3) is 3.28. The highest BCUT2D eigenvalue weighted by molar-refractivity contribution is 9.10. The lowest BCUT2D eigenvalue weighted by molar-refractivity contribution is 0.0697. The molecule has 0 saturated carbocycles. The van der Waals surface area contributed by atoms with E-state index in [4.69, 9.17) is 5.11 Å². The molecule has 2 rings (SSSR count). The summed E-state index contributed by atoms with van der Waals surface area (Å²) in [5.41, 5.74) is 1.97. The van der Waals surface area contributed by atoms with Crippen molar-refractivity contribution in [2.24, 2.45) is 4.99 Å². The van der Waals surface area contributed by atoms with Crippen molar-refractivity contribution in [3.63, 3.8) is 0 Å². The molecule has 18 heavy (non-hydrogen) atoms. The average molecular weight is 304 g/mol. The van der Waals surface area contributed by atoms with Gasteiger partial charge in [0.25, 0.3) is 0 Å². The number of hydrogen-bond acceptors (Lipinski definition) is 2. The van der Waals surface area contributed by atoms with Crippen LogP contribution in [-0.4, -0.2) is 17.3 Å². The summed E-state index contributed by atoms with van der Waals surface area (Å²) in [6.07, 6.45) is 1.74. The zero-order valence-electron chi connectivity index (χ0n) is 9.38. The van der Waals surface area contributed by atoms with Crippen molar-refractivity contribution in [3.05, 3.63) is 64.1 Å². The Labute approximate surface area is 113 Å². The minimum atomic E-state index is -0.932. The summed E-state index contributed by atoms with van der Waals surface area (Å²) in [6.45, 7) is 0. The predicted octanol–water partition coefficient (Wildman–Crippen LogP) is 3.90. The fourth-order valence-corrected chi connectivity index (χ4v) is 1.65. The summed E-state index contributed by atoms with van der Waals surface area (Å²) >= 11 is 3.36. The first-order chi connectivity index (χ1) is 8.65. The molecule has 0 bridgehead atoms. The molecule has 0 heterocycles. The number of nitrogens with zero attached hydrogens (tertiary/aromatic N) is 1. The molecular formula is C14H10BrNO2. The lowest BCUT2D eigenvalue weighted by Gasteiger charge is -1.96. The number of aromatic carboxylic acids is 1. The summed E-state index contributed by atoms with van der Waals surface area (Å²) < 4.78 is 1.02. The highest BCUT2D eigenvalue weighted by Gasteiger charge is 2.00. The predicted molar refractivity (Wildman–Crippen MR) is 74.8 cm³/mol. The molecule has 0 radical (unpaired) electrons. The van der Waals surface area contributed by atoms with Crippen LogP contribution in [-0.2, 0) is 0 Å². The molecule has 2 aromatic carbocycles. The van der Waals surface area contributed by atoms with Crippen molar-refractivity contribution in [3.8, 4) is 0 Å². The lowest BCUT2D eigenvalue weighted by atomic mass is 10.2. The molecule has 0 spiro atoms. The second kappa shape index (κ2) is 5.60. The lowest BCUT2D eigenvalue weighted by Crippen LogP contribution is -1.94. The Morgan fingerprint density at radius 1 is 1.06 bits per heavy atom. The monoisotopic (exact) mass is 303 g/mol. The number of carbonyl (C=O) groups is 1. The van der Waals surface area contributed by atoms with Crippen LogP contribution >= 0.6 is 15.9 Å². The van der Waals surface area contributed by atoms with E-state index in [1.54, 1.807) is 18.3 Å². The Balaban J connectivity index is 2.13. The van der Waals surface area contributed by atoms with E-state index in [-0.39, 0.29) is 5.56 Å². The number of aliphatic imine (C=N–C) groups is 1. The standard InChI is InChI=1S/C14H10BrNO2/c15-12-5-1-10(2-6-12)9-16-13-7-3-11(4-8-13)14(17)18/h1-9H,(H,17,18). The van der Waals surface area contributed by atoms with Crippen LogP contribution in [0.3, 0.4) is 0 Å². The van der Waals surface area contributed by atoms with Gasteiger partial charge in [-0.25, -0.2) is 4.79 Å². The van der Waals surface area contributed by atoms with Gasteiger partial charge in [0.15, 0.2) is 0 Å². The Bertz CT molecular complexity index is 574. The fourth-order valence-electron chi connectivity index (χ4n) is 1.39. The van der Waals surface area contributed by atoms with Crippen molar-refractivity contribution in [2.45, 2.75) is 0 Å². The number of hydrogen-bond donors (Lipinski definition) is 1. The van der Waals surface area contributed by atoms with E-state index in [9.17, 15) is 4.79 Å². The minimum Gasteiger partial charge on any atom is -0.478 e. The molecule has 4 heteroatoms. The molecule has 0 fully saturated rings. The molecular weight excluding hydrogens is 294 g/mol. The van der Waals surface area contributed by atoms with Gasteiger partial charge in [-0.05, 0) is 42.0 Å². The molecule has 1 N–H and O–H groups in total. The molecule has 0 atom stereocenters. The van der Waals surface area contributed by atoms with Crippen LogP contribution in [0.25, 0.3) is 0 Å². The molecule has 3 nitrogen and oxygen atoms in total. The normalized spacial score (nSPS) is 10.7. The first-order valence-corrected chi connectivity index (χ1v) is 6.07. The van der Waals surface area contributed by atoms with E-state index < -0.39 is 5.97 Å². The number of carboxylic acids is 1. The molecule has 0 aliphatic rings. The van der Waals surface area contributed by atoms with Crippen LogP contribution in [0.4, 0.5) is 5.69 Å². The molecule has 0 unspecified atom stereocenters. The van der Waals surface area contributed by atoms with Gasteiger partial charge >= 0.3 is 5.97 Å². The molecule has 0 amide bonds. The van der Waals surface area contributed by atoms with Gasteiger partial charge in [-0.3, -0.25) is 4.99 Å². The molecule has 0 aromatic heterocycles. The van der Waals surface area contributed by atoms with Crippen LogP contribution in [0.5, 0.6) is 0 Å². The van der Waals surface area contributed by atoms with Crippen LogP contribution in [0.1, 0.15) is 15.9 Å². The van der Waals surface area contributed by atoms with E-state index in [1.807, 2.05) is 24.3 Å². The third-order valence-corrected chi connectivity index (χ3v) is 2.88. The quantitative estimate of drug-likeness (QED) is 0.874. The molecule has 90 valence electrons. The van der Waals surface area contributed by atoms with Crippen LogP contribution in [0.15, 0.2) is 58.0 Å². The SMILES string of the molecule is O=C(O)c1ccc(N=Cc2ccc(Br)cc2)cc1. The summed E-state index contributed by atoms with van der Waals surface area (Å²) in [7, 11) is 0. The van der Waals surface area contributed by atoms with Gasteiger partial charge in [0.05, 0.1) is 11.3 Å². The largest absolute Gasteiger partial charge is 0.478 e. The summed E-state index contributed by atoms with van der Waals surface area (Å²) in [4.78, 5) is 15.0. The maximum absolute atomic E-state index is 10.7. The van der Waals surface area contributed by atoms with Gasteiger partial charge in [-0.2, -0.15) is 0 Å². The second-order valence-electron chi connectivity index (χ2n) is 3.66. The van der Waals surface area contributed by atoms with Crippen molar-refractivity contribution < 1.29 is 9.90 Å². The van der Waals surface area contributed by atoms with Gasteiger partial charge in [-0.15, -0.1) is 0 Å². The number of rotatable bonds is 3. The van der Waals surface area contributed by atoms with Crippen molar-refractivity contribution in [1.82, 2.24) is 0 Å². The summed E-state index contributed by atoms with van der Waals surface area (Å²) in [5, 5.41) is 8.77. The van der Waals surface area contributed by atoms with Crippen molar-refractivity contribution in [2.75, 3.05) is 0 Å². The first kappa shape index (κ1) is 12.5. The minimum absolute atomic E-state index is 0.262. The summed E-state index contributed by atoms with van der Waals surface area (Å²) in [5.74, 6) is -0.932. The van der Waals surface area contributed by atoms with Gasteiger partial charge < -0.3 is 5.11 Å². The Morgan fingerprint density at radius 3 is 2.22 bits per heavy atom. The first-order valence-electron chi connectivity index (χ1n) is 5.28. The van der Waals surface area contributed by atoms with E-state index in [0.717, 1.165) is 15.7 Å². The van der Waals surface area contributed by atoms with Gasteiger partial charge in [0.1, 0.15) is 0 Å². The Kier molecular flexibility index (Phi) is 3.89. The van der Waals surface area contributed by atoms with Crippen LogP contribution in [0, 0.1) is 0 Å². The maximum Gasteiger partial charge on any atom is 0.335 e. The number of halogens is 1. The topological polar surface area (TPSA) is 49.7 Å². The van der Waals surface area contributed by atoms with Crippen LogP contribution in [0.2, 0.25) is 0 Å². The second-order valence-corrected chi connectivity index (χ2v) is 4.58. The molecule has 0 aliphatic heterocycles. The number of benzene rings is 2. The highest BCUT2D eigenvalue weighted by Crippen LogP contribution is 2.14. The maximum atomic E-state index is 10.7. The molecule has 0 aliphatic carbocycles. The van der Waals surface area contributed by atoms with Gasteiger partial charge in [-0.1, -0.05) is 28.1 Å². The fraction of sp³-hybridized carbons (Fsp3) is 0. The Hall–Kier alpha value is -1.94. The molecule has 2 aromatic rings. The van der Waals surface area contributed by atoms with E-state index >= 15 is 0 Å². The Morgan fingerprint density at radius 2 is 1.67 bits per heavy atom. The highest BCUT2D eigenvalue weighted by atomic mass is 79.9. The van der Waals surface area contributed by atoms with Gasteiger partial charge in [0.2, 0.25) is 0 Å². The smallest absolute Gasteiger partial charge is 0.335 e. The van der Waals surface area contributed by atoms with E-state index in [0.29, 0.717) is 0 Å². The molecule has 0 saturated heterocycles. The zero-order chi connectivity index (χ0) is 13.0. The van der Waals surface area contributed by atoms with Crippen LogP contribution < -0.4 is 0 Å². The zero-order valence-corrected chi connectivity index (χ0v) is 11.0. The van der Waals surface area contributed by atoms with Gasteiger partial charge in [0, 0.05) is 10.7 Å². The van der Waals surface area contributed by atoms with E-state index in [2.05, 4.69) is 20.9 Å². The third-order valence-electron chi connectivity index (χ3n) is 2.35. The number of carboxylic acid groups (broad SMARTS) is 1.